The molecule has 0 aromatic heterocycles. The maximum absolute atomic E-state index is 14.1. The van der Waals surface area contributed by atoms with Crippen LogP contribution in [0.4, 0.5) is 22.0 Å². The van der Waals surface area contributed by atoms with Crippen molar-refractivity contribution in [2.45, 2.75) is 32.0 Å². The summed E-state index contributed by atoms with van der Waals surface area (Å²) < 4.78 is 76.5. The molecule has 0 N–H and O–H groups in total. The van der Waals surface area contributed by atoms with E-state index in [9.17, 15) is 22.0 Å². The normalized spacial score (nSPS) is 12.1. The minimum atomic E-state index is -4.38. The smallest absolute Gasteiger partial charge is 0.416 e. The first kappa shape index (κ1) is 22.7. The van der Waals surface area contributed by atoms with Crippen LogP contribution in [0.15, 0.2) is 66.7 Å². The molecule has 2 nitrogen and oxygen atoms in total. The summed E-state index contributed by atoms with van der Waals surface area (Å²) in [5, 5.41) is 0. The highest BCUT2D eigenvalue weighted by Crippen LogP contribution is 2.32. The number of alkyl halides is 3. The van der Waals surface area contributed by atoms with Crippen LogP contribution < -0.4 is 4.74 Å². The van der Waals surface area contributed by atoms with Crippen LogP contribution >= 0.6 is 0 Å². The molecule has 0 heterocycles. The Morgan fingerprint density at radius 2 is 1.39 bits per heavy atom. The summed E-state index contributed by atoms with van der Waals surface area (Å²) in [6.07, 6.45) is -4.38. The lowest BCUT2D eigenvalue weighted by atomic mass is 9.85. The molecule has 3 rings (SSSR count). The van der Waals surface area contributed by atoms with Crippen molar-refractivity contribution in [3.05, 3.63) is 95.1 Å². The third-order valence-corrected chi connectivity index (χ3v) is 4.76. The van der Waals surface area contributed by atoms with Crippen LogP contribution in [-0.4, -0.2) is 6.61 Å². The standard InChI is InChI=1S/C24H21F5O2/c1-23(2,17-4-6-18(7-5-17)24(27,28)29)15-30-14-16-3-12-21(26)22(13-16)31-20-10-8-19(25)9-11-20/h3-13H,14-15H2,1-2H3. The van der Waals surface area contributed by atoms with Gasteiger partial charge in [-0.05, 0) is 59.7 Å². The SMILES string of the molecule is CC(C)(COCc1ccc(F)c(Oc2ccc(F)cc2)c1)c1ccc(C(F)(F)F)cc1. The molecule has 31 heavy (non-hydrogen) atoms. The van der Waals surface area contributed by atoms with E-state index >= 15 is 0 Å². The fraction of sp³-hybridized carbons (Fsp3) is 0.250. The maximum Gasteiger partial charge on any atom is 0.416 e. The highest BCUT2D eigenvalue weighted by Gasteiger charge is 2.31. The van der Waals surface area contributed by atoms with Gasteiger partial charge in [0.15, 0.2) is 11.6 Å². The highest BCUT2D eigenvalue weighted by molar-refractivity contribution is 5.35. The Morgan fingerprint density at radius 3 is 2.00 bits per heavy atom. The molecule has 3 aromatic rings. The summed E-state index contributed by atoms with van der Waals surface area (Å²) in [4.78, 5) is 0. The molecule has 0 saturated carbocycles. The van der Waals surface area contributed by atoms with Crippen molar-refractivity contribution in [3.63, 3.8) is 0 Å². The van der Waals surface area contributed by atoms with Crippen LogP contribution in [0.25, 0.3) is 0 Å². The van der Waals surface area contributed by atoms with Crippen molar-refractivity contribution in [2.75, 3.05) is 6.61 Å². The molecule has 3 aromatic carbocycles. The average molecular weight is 436 g/mol. The molecule has 0 radical (unpaired) electrons. The minimum absolute atomic E-state index is 0.0188. The van der Waals surface area contributed by atoms with Gasteiger partial charge in [-0.15, -0.1) is 0 Å². The third-order valence-electron chi connectivity index (χ3n) is 4.76. The van der Waals surface area contributed by atoms with E-state index in [2.05, 4.69) is 0 Å². The zero-order valence-corrected chi connectivity index (χ0v) is 17.0. The molecule has 164 valence electrons. The lowest BCUT2D eigenvalue weighted by Crippen LogP contribution is -2.24. The van der Waals surface area contributed by atoms with Gasteiger partial charge in [-0.1, -0.05) is 32.0 Å². The highest BCUT2D eigenvalue weighted by atomic mass is 19.4. The zero-order chi connectivity index (χ0) is 22.6. The van der Waals surface area contributed by atoms with Crippen molar-refractivity contribution in [1.29, 1.82) is 0 Å². The van der Waals surface area contributed by atoms with Crippen LogP contribution in [0, 0.1) is 11.6 Å². The molecule has 0 aliphatic rings. The number of hydrogen-bond donors (Lipinski definition) is 0. The zero-order valence-electron chi connectivity index (χ0n) is 17.0. The molecular weight excluding hydrogens is 415 g/mol. The van der Waals surface area contributed by atoms with Gasteiger partial charge in [0.2, 0.25) is 0 Å². The second-order valence-electron chi connectivity index (χ2n) is 7.77. The summed E-state index contributed by atoms with van der Waals surface area (Å²) in [6.45, 7) is 4.13. The van der Waals surface area contributed by atoms with Crippen molar-refractivity contribution >= 4 is 0 Å². The van der Waals surface area contributed by atoms with E-state index in [1.807, 2.05) is 13.8 Å². The van der Waals surface area contributed by atoms with Gasteiger partial charge in [0.05, 0.1) is 18.8 Å². The minimum Gasteiger partial charge on any atom is -0.454 e. The van der Waals surface area contributed by atoms with Crippen molar-refractivity contribution in [2.24, 2.45) is 0 Å². The number of rotatable bonds is 7. The summed E-state index contributed by atoms with van der Waals surface area (Å²) in [7, 11) is 0. The van der Waals surface area contributed by atoms with Gasteiger partial charge in [0, 0.05) is 5.41 Å². The third kappa shape index (κ3) is 6.04. The average Bonchev–Trinajstić information content (AvgIpc) is 2.71. The maximum atomic E-state index is 14.1. The van der Waals surface area contributed by atoms with E-state index in [1.165, 1.54) is 48.5 Å². The first-order valence-electron chi connectivity index (χ1n) is 9.52. The molecule has 0 spiro atoms. The molecule has 0 saturated heterocycles. The lowest BCUT2D eigenvalue weighted by molar-refractivity contribution is -0.137. The van der Waals surface area contributed by atoms with E-state index in [1.54, 1.807) is 6.07 Å². The molecule has 0 aliphatic carbocycles. The first-order chi connectivity index (χ1) is 14.5. The van der Waals surface area contributed by atoms with E-state index in [0.717, 1.165) is 12.1 Å². The molecule has 0 atom stereocenters. The van der Waals surface area contributed by atoms with E-state index in [4.69, 9.17) is 9.47 Å². The Morgan fingerprint density at radius 1 is 0.774 bits per heavy atom. The monoisotopic (exact) mass is 436 g/mol. The van der Waals surface area contributed by atoms with Crippen LogP contribution in [0.2, 0.25) is 0 Å². The topological polar surface area (TPSA) is 18.5 Å². The van der Waals surface area contributed by atoms with E-state index in [-0.39, 0.29) is 19.0 Å². The second kappa shape index (κ2) is 9.06. The predicted octanol–water partition coefficient (Wildman–Crippen LogP) is 7.27. The van der Waals surface area contributed by atoms with E-state index < -0.39 is 28.8 Å². The van der Waals surface area contributed by atoms with Gasteiger partial charge >= 0.3 is 6.18 Å². The number of halogens is 5. The van der Waals surface area contributed by atoms with Crippen LogP contribution in [0.1, 0.15) is 30.5 Å². The van der Waals surface area contributed by atoms with Gasteiger partial charge in [-0.25, -0.2) is 8.78 Å². The summed E-state index contributed by atoms with van der Waals surface area (Å²) >= 11 is 0. The Balaban J connectivity index is 1.62. The van der Waals surface area contributed by atoms with Gasteiger partial charge in [-0.2, -0.15) is 13.2 Å². The van der Waals surface area contributed by atoms with Crippen molar-refractivity contribution < 1.29 is 31.4 Å². The first-order valence-corrected chi connectivity index (χ1v) is 9.52. The Hall–Kier alpha value is -2.93. The van der Waals surface area contributed by atoms with Crippen LogP contribution in [-0.2, 0) is 22.9 Å². The Kier molecular flexibility index (Phi) is 6.65. The predicted molar refractivity (Wildman–Crippen MR) is 107 cm³/mol. The number of ether oxygens (including phenoxy) is 2. The van der Waals surface area contributed by atoms with Crippen molar-refractivity contribution in [3.8, 4) is 11.5 Å². The second-order valence-corrected chi connectivity index (χ2v) is 7.77. The quantitative estimate of drug-likeness (QED) is 0.363. The lowest BCUT2D eigenvalue weighted by Gasteiger charge is -2.25. The fourth-order valence-corrected chi connectivity index (χ4v) is 2.96. The number of hydrogen-bond acceptors (Lipinski definition) is 2. The Bertz CT molecular complexity index is 1010. The van der Waals surface area contributed by atoms with Gasteiger partial charge in [0.25, 0.3) is 0 Å². The van der Waals surface area contributed by atoms with Crippen LogP contribution in [0.5, 0.6) is 11.5 Å². The van der Waals surface area contributed by atoms with Gasteiger partial charge < -0.3 is 9.47 Å². The molecule has 0 fully saturated rings. The molecule has 7 heteroatoms. The van der Waals surface area contributed by atoms with E-state index in [0.29, 0.717) is 16.9 Å². The molecule has 0 aliphatic heterocycles. The summed E-state index contributed by atoms with van der Waals surface area (Å²) in [6, 6.07) is 14.5. The molecule has 0 bridgehead atoms. The molecule has 0 unspecified atom stereocenters. The Labute approximate surface area is 177 Å². The van der Waals surface area contributed by atoms with Gasteiger partial charge in [0.1, 0.15) is 11.6 Å². The summed E-state index contributed by atoms with van der Waals surface area (Å²) in [5.74, 6) is -0.722. The van der Waals surface area contributed by atoms with Crippen LogP contribution in [0.3, 0.4) is 0 Å². The molecule has 0 amide bonds. The number of benzene rings is 3. The largest absolute Gasteiger partial charge is 0.454 e. The molecular formula is C24H21F5O2. The fourth-order valence-electron chi connectivity index (χ4n) is 2.96. The summed E-state index contributed by atoms with van der Waals surface area (Å²) in [5.41, 5.74) is 0.132. The van der Waals surface area contributed by atoms with Gasteiger partial charge in [-0.3, -0.25) is 0 Å². The van der Waals surface area contributed by atoms with Crippen molar-refractivity contribution in [1.82, 2.24) is 0 Å².